The molecule has 0 spiro atoms. The van der Waals surface area contributed by atoms with Gasteiger partial charge in [0.1, 0.15) is 5.82 Å². The van der Waals surface area contributed by atoms with Crippen molar-refractivity contribution in [2.75, 3.05) is 0 Å². The summed E-state index contributed by atoms with van der Waals surface area (Å²) in [5, 5.41) is 0. The van der Waals surface area contributed by atoms with Crippen LogP contribution < -0.4 is 0 Å². The first-order chi connectivity index (χ1) is 7.79. The van der Waals surface area contributed by atoms with Crippen LogP contribution >= 0.6 is 0 Å². The molecule has 0 N–H and O–H groups in total. The Bertz CT molecular complexity index is 562. The summed E-state index contributed by atoms with van der Waals surface area (Å²) in [5.41, 5.74) is 3.02. The molecule has 2 aromatic rings. The van der Waals surface area contributed by atoms with Crippen molar-refractivity contribution in [1.29, 1.82) is 0 Å². The zero-order valence-corrected chi connectivity index (χ0v) is 9.36. The highest BCUT2D eigenvalue weighted by molar-refractivity contribution is 5.61. The van der Waals surface area contributed by atoms with Crippen molar-refractivity contribution >= 4 is 0 Å². The van der Waals surface area contributed by atoms with Crippen molar-refractivity contribution in [3.05, 3.63) is 47.9 Å². The monoisotopic (exact) mass is 208 g/mol. The summed E-state index contributed by atoms with van der Waals surface area (Å²) < 4.78 is 0. The van der Waals surface area contributed by atoms with Gasteiger partial charge >= 0.3 is 0 Å². The largest absolute Gasteiger partial charge is 0.242 e. The Hall–Kier alpha value is -2.14. The molecule has 0 atom stereocenters. The predicted molar refractivity (Wildman–Crippen MR) is 64.8 cm³/mol. The molecular weight excluding hydrogens is 196 g/mol. The van der Waals surface area contributed by atoms with E-state index in [4.69, 9.17) is 0 Å². The number of nitrogens with zero attached hydrogens (tertiary/aromatic N) is 2. The molecule has 1 aromatic heterocycles. The SMILES string of the molecule is CC#Cc1cccc(-c2ccnc(C)n2)c1. The van der Waals surface area contributed by atoms with E-state index in [9.17, 15) is 0 Å². The van der Waals surface area contributed by atoms with Crippen LogP contribution in [0.4, 0.5) is 0 Å². The summed E-state index contributed by atoms with van der Waals surface area (Å²) >= 11 is 0. The molecule has 0 saturated carbocycles. The van der Waals surface area contributed by atoms with Gasteiger partial charge in [-0.1, -0.05) is 18.1 Å². The molecule has 0 unspecified atom stereocenters. The molecule has 0 amide bonds. The number of rotatable bonds is 1. The maximum absolute atomic E-state index is 4.39. The van der Waals surface area contributed by atoms with Crippen LogP contribution in [-0.4, -0.2) is 9.97 Å². The van der Waals surface area contributed by atoms with Crippen molar-refractivity contribution in [2.24, 2.45) is 0 Å². The van der Waals surface area contributed by atoms with E-state index in [0.717, 1.165) is 22.6 Å². The first-order valence-electron chi connectivity index (χ1n) is 5.12. The molecule has 2 rings (SSSR count). The third-order valence-electron chi connectivity index (χ3n) is 2.20. The van der Waals surface area contributed by atoms with Crippen molar-refractivity contribution in [3.8, 4) is 23.1 Å². The van der Waals surface area contributed by atoms with E-state index in [2.05, 4.69) is 21.8 Å². The third kappa shape index (κ3) is 2.26. The molecule has 0 saturated heterocycles. The van der Waals surface area contributed by atoms with Gasteiger partial charge in [-0.15, -0.1) is 5.92 Å². The minimum Gasteiger partial charge on any atom is -0.242 e. The van der Waals surface area contributed by atoms with Gasteiger partial charge in [-0.05, 0) is 32.0 Å². The number of hydrogen-bond acceptors (Lipinski definition) is 2. The molecule has 0 aliphatic rings. The van der Waals surface area contributed by atoms with E-state index >= 15 is 0 Å². The zero-order chi connectivity index (χ0) is 11.4. The van der Waals surface area contributed by atoms with Crippen LogP contribution in [0.25, 0.3) is 11.3 Å². The lowest BCUT2D eigenvalue weighted by Crippen LogP contribution is -1.89. The van der Waals surface area contributed by atoms with Crippen LogP contribution in [0.15, 0.2) is 36.5 Å². The molecule has 0 aliphatic carbocycles. The second-order valence-electron chi connectivity index (χ2n) is 3.44. The second kappa shape index (κ2) is 4.59. The molecule has 78 valence electrons. The lowest BCUT2D eigenvalue weighted by Gasteiger charge is -2.01. The maximum atomic E-state index is 4.39. The Morgan fingerprint density at radius 3 is 2.81 bits per heavy atom. The van der Waals surface area contributed by atoms with E-state index in [1.165, 1.54) is 0 Å². The molecule has 1 heterocycles. The van der Waals surface area contributed by atoms with Gasteiger partial charge in [-0.2, -0.15) is 0 Å². The normalized spacial score (nSPS) is 9.38. The Labute approximate surface area is 95.4 Å². The summed E-state index contributed by atoms with van der Waals surface area (Å²) in [6.45, 7) is 3.72. The van der Waals surface area contributed by atoms with Crippen LogP contribution in [0.1, 0.15) is 18.3 Å². The van der Waals surface area contributed by atoms with Gasteiger partial charge in [0.2, 0.25) is 0 Å². The smallest absolute Gasteiger partial charge is 0.125 e. The first-order valence-corrected chi connectivity index (χ1v) is 5.12. The molecule has 1 aromatic carbocycles. The number of hydrogen-bond donors (Lipinski definition) is 0. The fraction of sp³-hybridized carbons (Fsp3) is 0.143. The Morgan fingerprint density at radius 2 is 2.06 bits per heavy atom. The molecule has 2 nitrogen and oxygen atoms in total. The molecule has 2 heteroatoms. The van der Waals surface area contributed by atoms with E-state index in [1.54, 1.807) is 6.20 Å². The van der Waals surface area contributed by atoms with Gasteiger partial charge in [0.15, 0.2) is 0 Å². The lowest BCUT2D eigenvalue weighted by atomic mass is 10.1. The molecule has 0 bridgehead atoms. The zero-order valence-electron chi connectivity index (χ0n) is 9.36. The number of benzene rings is 1. The summed E-state index contributed by atoms with van der Waals surface area (Å²) in [4.78, 5) is 8.47. The van der Waals surface area contributed by atoms with Gasteiger partial charge in [0.25, 0.3) is 0 Å². The number of aromatic nitrogens is 2. The van der Waals surface area contributed by atoms with E-state index in [-0.39, 0.29) is 0 Å². The molecule has 0 aliphatic heterocycles. The van der Waals surface area contributed by atoms with Gasteiger partial charge in [0, 0.05) is 17.3 Å². The van der Waals surface area contributed by atoms with Crippen LogP contribution in [0.2, 0.25) is 0 Å². The quantitative estimate of drug-likeness (QED) is 0.673. The molecule has 0 radical (unpaired) electrons. The lowest BCUT2D eigenvalue weighted by molar-refractivity contribution is 1.06. The molecule has 0 fully saturated rings. The highest BCUT2D eigenvalue weighted by Crippen LogP contribution is 2.17. The van der Waals surface area contributed by atoms with E-state index in [0.29, 0.717) is 0 Å². The second-order valence-corrected chi connectivity index (χ2v) is 3.44. The molecular formula is C14H12N2. The topological polar surface area (TPSA) is 25.8 Å². The van der Waals surface area contributed by atoms with Gasteiger partial charge in [0.05, 0.1) is 5.69 Å². The first kappa shape index (κ1) is 10.4. The van der Waals surface area contributed by atoms with Crippen molar-refractivity contribution in [3.63, 3.8) is 0 Å². The van der Waals surface area contributed by atoms with Gasteiger partial charge in [-0.25, -0.2) is 9.97 Å². The van der Waals surface area contributed by atoms with E-state index in [1.807, 2.05) is 44.2 Å². The Morgan fingerprint density at radius 1 is 1.19 bits per heavy atom. The fourth-order valence-electron chi connectivity index (χ4n) is 1.52. The van der Waals surface area contributed by atoms with Crippen LogP contribution in [0.3, 0.4) is 0 Å². The van der Waals surface area contributed by atoms with Gasteiger partial charge in [-0.3, -0.25) is 0 Å². The Balaban J connectivity index is 2.46. The number of aryl methyl sites for hydroxylation is 1. The summed E-state index contributed by atoms with van der Waals surface area (Å²) in [6.07, 6.45) is 1.77. The highest BCUT2D eigenvalue weighted by Gasteiger charge is 2.00. The van der Waals surface area contributed by atoms with Crippen molar-refractivity contribution in [2.45, 2.75) is 13.8 Å². The fourth-order valence-corrected chi connectivity index (χ4v) is 1.52. The maximum Gasteiger partial charge on any atom is 0.125 e. The van der Waals surface area contributed by atoms with Crippen LogP contribution in [0, 0.1) is 18.8 Å². The molecule has 16 heavy (non-hydrogen) atoms. The predicted octanol–water partition coefficient (Wildman–Crippen LogP) is 2.82. The summed E-state index contributed by atoms with van der Waals surface area (Å²) in [5.74, 6) is 6.71. The standard InChI is InChI=1S/C14H12N2/c1-3-5-12-6-4-7-13(10-12)14-8-9-15-11(2)16-14/h4,6-10H,1-2H3. The average Bonchev–Trinajstić information content (AvgIpc) is 2.30. The highest BCUT2D eigenvalue weighted by atomic mass is 14.9. The van der Waals surface area contributed by atoms with E-state index < -0.39 is 0 Å². The third-order valence-corrected chi connectivity index (χ3v) is 2.20. The van der Waals surface area contributed by atoms with Crippen LogP contribution in [0.5, 0.6) is 0 Å². The summed E-state index contributed by atoms with van der Waals surface area (Å²) in [7, 11) is 0. The van der Waals surface area contributed by atoms with Crippen molar-refractivity contribution in [1.82, 2.24) is 9.97 Å². The Kier molecular flexibility index (Phi) is 2.98. The average molecular weight is 208 g/mol. The van der Waals surface area contributed by atoms with Crippen LogP contribution in [-0.2, 0) is 0 Å². The minimum absolute atomic E-state index is 0.782. The van der Waals surface area contributed by atoms with Crippen molar-refractivity contribution < 1.29 is 0 Å². The van der Waals surface area contributed by atoms with Gasteiger partial charge < -0.3 is 0 Å². The minimum atomic E-state index is 0.782. The summed E-state index contributed by atoms with van der Waals surface area (Å²) in [6, 6.07) is 9.97.